The summed E-state index contributed by atoms with van der Waals surface area (Å²) in [5.41, 5.74) is 16.7. The van der Waals surface area contributed by atoms with Crippen molar-refractivity contribution in [2.45, 2.75) is 83.6 Å². The largest absolute Gasteiger partial charge is 0.463 e. The number of nitrogens with one attached hydrogen (secondary N) is 1. The van der Waals surface area contributed by atoms with Crippen LogP contribution in [0, 0.1) is 11.8 Å². The third kappa shape index (κ3) is 9.66. The first-order valence-electron chi connectivity index (χ1n) is 14.4. The Balaban J connectivity index is 1.46. The van der Waals surface area contributed by atoms with Gasteiger partial charge in [-0.15, -0.1) is 0 Å². The van der Waals surface area contributed by atoms with Crippen molar-refractivity contribution in [3.8, 4) is 0 Å². The topological polar surface area (TPSA) is 256 Å². The monoisotopic (exact) mass is 641 g/mol. The van der Waals surface area contributed by atoms with E-state index in [1.165, 1.54) is 10.9 Å². The van der Waals surface area contributed by atoms with E-state index in [0.717, 1.165) is 0 Å². The zero-order valence-corrected chi connectivity index (χ0v) is 25.5. The molecule has 1 saturated heterocycles. The summed E-state index contributed by atoms with van der Waals surface area (Å²) >= 11 is 0. The average molecular weight is 642 g/mol. The molecule has 18 heteroatoms. The molecular weight excluding hydrogens is 601 g/mol. The number of nitrogens with zero attached hydrogens (tertiary/aromatic N) is 3. The molecule has 3 heterocycles. The van der Waals surface area contributed by atoms with Crippen molar-refractivity contribution in [3.05, 3.63) is 16.7 Å². The van der Waals surface area contributed by atoms with Crippen LogP contribution in [0.15, 0.2) is 11.1 Å². The number of rotatable bonds is 15. The van der Waals surface area contributed by atoms with E-state index in [9.17, 15) is 28.4 Å². The smallest absolute Gasteiger partial charge is 0.323 e. The number of ether oxygens (including phenoxy) is 5. The van der Waals surface area contributed by atoms with Gasteiger partial charge in [0.05, 0.1) is 19.2 Å². The minimum absolute atomic E-state index is 0.00456. The highest BCUT2D eigenvalue weighted by atomic mass is 19.1. The van der Waals surface area contributed by atoms with Crippen molar-refractivity contribution in [2.75, 3.05) is 25.6 Å². The SMILES string of the molecule is CC(C)[C@H](N)C(=O)OCC(COC(=O)CCC(=O)OC[C@H]1O[C@@H](n2cnc3c(=O)[nH]c(N)nc32)CC1F)OC(=O)[C@@H](N)C(C)C. The summed E-state index contributed by atoms with van der Waals surface area (Å²) in [5, 5.41) is 0. The predicted octanol–water partition coefficient (Wildman–Crippen LogP) is -0.384. The van der Waals surface area contributed by atoms with Crippen LogP contribution >= 0.6 is 0 Å². The fraction of sp³-hybridized carbons (Fsp3) is 0.667. The zero-order valence-electron chi connectivity index (χ0n) is 25.5. The number of H-pyrrole nitrogens is 1. The standard InChI is InChI=1S/C27H40FN7O10/c1-12(2)20(29)25(39)43-9-14(44-26(40)21(30)13(3)4)8-41-18(36)5-6-19(37)42-10-16-15(28)7-17(45-16)35-11-32-22-23(35)33-27(31)34-24(22)38/h11-17,20-21H,5-10,29-30H2,1-4H3,(H3,31,33,34,38)/t14?,15?,16-,17-,20+,21+/m1/s1. The Morgan fingerprint density at radius 3 is 2.27 bits per heavy atom. The van der Waals surface area contributed by atoms with Crippen LogP contribution in [0.2, 0.25) is 0 Å². The highest BCUT2D eigenvalue weighted by molar-refractivity contribution is 5.78. The van der Waals surface area contributed by atoms with Crippen molar-refractivity contribution in [1.29, 1.82) is 0 Å². The summed E-state index contributed by atoms with van der Waals surface area (Å²) in [4.78, 5) is 71.3. The lowest BCUT2D eigenvalue weighted by molar-refractivity contribution is -0.169. The molecule has 0 radical (unpaired) electrons. The molecule has 0 aliphatic carbocycles. The van der Waals surface area contributed by atoms with Crippen LogP contribution in [0.4, 0.5) is 10.3 Å². The molecule has 7 N–H and O–H groups in total. The molecular formula is C27H40FN7O10. The van der Waals surface area contributed by atoms with Crippen molar-refractivity contribution >= 4 is 41.0 Å². The number of imidazole rings is 1. The molecule has 0 spiro atoms. The van der Waals surface area contributed by atoms with Gasteiger partial charge in [0.1, 0.15) is 50.4 Å². The van der Waals surface area contributed by atoms with Gasteiger partial charge in [-0.2, -0.15) is 4.98 Å². The summed E-state index contributed by atoms with van der Waals surface area (Å²) < 4.78 is 42.4. The third-order valence-corrected chi connectivity index (χ3v) is 6.97. The number of carbonyl (C=O) groups excluding carboxylic acids is 4. The molecule has 17 nitrogen and oxygen atoms in total. The first-order chi connectivity index (χ1) is 21.2. The maximum atomic E-state index is 14.7. The molecule has 6 atom stereocenters. The van der Waals surface area contributed by atoms with Crippen LogP contribution in [0.5, 0.6) is 0 Å². The van der Waals surface area contributed by atoms with Crippen LogP contribution in [0.1, 0.15) is 53.2 Å². The summed E-state index contributed by atoms with van der Waals surface area (Å²) in [5.74, 6) is -3.75. The van der Waals surface area contributed by atoms with Gasteiger partial charge < -0.3 is 40.9 Å². The van der Waals surface area contributed by atoms with Crippen molar-refractivity contribution in [2.24, 2.45) is 23.3 Å². The van der Waals surface area contributed by atoms with Gasteiger partial charge in [-0.25, -0.2) is 9.37 Å². The summed E-state index contributed by atoms with van der Waals surface area (Å²) in [6.07, 6.45) is -4.34. The second-order valence-electron chi connectivity index (χ2n) is 11.3. The highest BCUT2D eigenvalue weighted by Crippen LogP contribution is 2.32. The van der Waals surface area contributed by atoms with Crippen LogP contribution in [0.3, 0.4) is 0 Å². The minimum atomic E-state index is -1.52. The molecule has 0 saturated carbocycles. The Labute approximate surface area is 257 Å². The summed E-state index contributed by atoms with van der Waals surface area (Å²) in [6, 6.07) is -1.87. The van der Waals surface area contributed by atoms with E-state index in [0.29, 0.717) is 0 Å². The Morgan fingerprint density at radius 2 is 1.62 bits per heavy atom. The number of hydrogen-bond acceptors (Lipinski definition) is 15. The highest BCUT2D eigenvalue weighted by Gasteiger charge is 2.38. The number of anilines is 1. The van der Waals surface area contributed by atoms with Gasteiger partial charge in [-0.1, -0.05) is 27.7 Å². The molecule has 250 valence electrons. The van der Waals surface area contributed by atoms with E-state index in [1.807, 2.05) is 0 Å². The number of alkyl halides is 1. The average Bonchev–Trinajstić information content (AvgIpc) is 3.57. The van der Waals surface area contributed by atoms with Crippen LogP contribution in [-0.4, -0.2) is 93.7 Å². The summed E-state index contributed by atoms with van der Waals surface area (Å²) in [7, 11) is 0. The number of aromatic nitrogens is 4. The van der Waals surface area contributed by atoms with Crippen molar-refractivity contribution < 1.29 is 47.3 Å². The Kier molecular flexibility index (Phi) is 12.3. The fourth-order valence-electron chi connectivity index (χ4n) is 4.05. The van der Waals surface area contributed by atoms with Gasteiger partial charge >= 0.3 is 23.9 Å². The Morgan fingerprint density at radius 1 is 1.02 bits per heavy atom. The molecule has 1 fully saturated rings. The maximum Gasteiger partial charge on any atom is 0.323 e. The normalized spacial score (nSPS) is 20.2. The minimum Gasteiger partial charge on any atom is -0.463 e. The Bertz CT molecular complexity index is 1410. The van der Waals surface area contributed by atoms with Gasteiger partial charge in [0.15, 0.2) is 17.3 Å². The maximum absolute atomic E-state index is 14.7. The second-order valence-corrected chi connectivity index (χ2v) is 11.3. The molecule has 2 aromatic heterocycles. The van der Waals surface area contributed by atoms with Crippen molar-refractivity contribution in [3.63, 3.8) is 0 Å². The lowest BCUT2D eigenvalue weighted by Gasteiger charge is -2.22. The number of nitrogens with two attached hydrogens (primary N) is 3. The molecule has 0 amide bonds. The molecule has 1 aliphatic heterocycles. The van der Waals surface area contributed by atoms with Crippen LogP contribution in [-0.2, 0) is 42.9 Å². The van der Waals surface area contributed by atoms with Crippen molar-refractivity contribution in [1.82, 2.24) is 19.5 Å². The number of halogens is 1. The molecule has 2 aromatic rings. The van der Waals surface area contributed by atoms with Crippen LogP contribution < -0.4 is 22.8 Å². The molecule has 1 aliphatic rings. The van der Waals surface area contributed by atoms with Gasteiger partial charge in [0.25, 0.3) is 5.56 Å². The molecule has 2 unspecified atom stereocenters. The number of aromatic amines is 1. The number of esters is 4. The van der Waals surface area contributed by atoms with Gasteiger partial charge in [-0.05, 0) is 11.8 Å². The molecule has 45 heavy (non-hydrogen) atoms. The van der Waals surface area contributed by atoms with E-state index >= 15 is 0 Å². The molecule has 0 bridgehead atoms. The van der Waals surface area contributed by atoms with E-state index in [-0.39, 0.29) is 35.4 Å². The third-order valence-electron chi connectivity index (χ3n) is 6.97. The Hall–Kier alpha value is -4.16. The van der Waals surface area contributed by atoms with Gasteiger partial charge in [-0.3, -0.25) is 33.5 Å². The number of nitrogen functional groups attached to an aromatic ring is 1. The number of fused-ring (bicyclic) bond motifs is 1. The van der Waals surface area contributed by atoms with Gasteiger partial charge in [0.2, 0.25) is 5.95 Å². The fourth-order valence-corrected chi connectivity index (χ4v) is 4.05. The second kappa shape index (κ2) is 15.7. The molecule has 3 rings (SSSR count). The lowest BCUT2D eigenvalue weighted by Crippen LogP contribution is -2.43. The van der Waals surface area contributed by atoms with E-state index in [2.05, 4.69) is 15.0 Å². The van der Waals surface area contributed by atoms with Gasteiger partial charge in [0, 0.05) is 6.42 Å². The zero-order chi connectivity index (χ0) is 33.4. The first-order valence-corrected chi connectivity index (χ1v) is 14.4. The number of carbonyl (C=O) groups is 4. The quantitative estimate of drug-likeness (QED) is 0.143. The first kappa shape index (κ1) is 35.3. The molecule has 0 aromatic carbocycles. The lowest BCUT2D eigenvalue weighted by atomic mass is 10.1. The van der Waals surface area contributed by atoms with E-state index in [1.54, 1.807) is 27.7 Å². The van der Waals surface area contributed by atoms with E-state index in [4.69, 9.17) is 40.9 Å². The predicted molar refractivity (Wildman–Crippen MR) is 154 cm³/mol. The van der Waals surface area contributed by atoms with E-state index < -0.39 is 98.8 Å². The van der Waals surface area contributed by atoms with Crippen LogP contribution in [0.25, 0.3) is 11.2 Å². The summed E-state index contributed by atoms with van der Waals surface area (Å²) in [6.45, 7) is 5.53. The number of hydrogen-bond donors (Lipinski definition) is 4.